The lowest BCUT2D eigenvalue weighted by Crippen LogP contribution is -2.19. The van der Waals surface area contributed by atoms with Crippen molar-refractivity contribution in [3.63, 3.8) is 0 Å². The molecule has 0 aliphatic carbocycles. The number of carbonyl (C=O) groups is 3. The molecule has 0 bridgehead atoms. The van der Waals surface area contributed by atoms with Crippen molar-refractivity contribution in [1.29, 1.82) is 0 Å². The van der Waals surface area contributed by atoms with Gasteiger partial charge in [-0.1, -0.05) is 37.3 Å². The summed E-state index contributed by atoms with van der Waals surface area (Å²) >= 11 is 0. The second kappa shape index (κ2) is 13.3. The molecule has 3 aromatic carbocycles. The zero-order valence-corrected chi connectivity index (χ0v) is 25.2. The molecule has 45 heavy (non-hydrogen) atoms. The van der Waals surface area contributed by atoms with Crippen molar-refractivity contribution in [2.45, 2.75) is 45.6 Å². The van der Waals surface area contributed by atoms with Gasteiger partial charge in [-0.2, -0.15) is 0 Å². The Hall–Kier alpha value is -5.05. The van der Waals surface area contributed by atoms with E-state index in [0.717, 1.165) is 22.5 Å². The summed E-state index contributed by atoms with van der Waals surface area (Å²) < 4.78 is 44.8. The van der Waals surface area contributed by atoms with Crippen molar-refractivity contribution in [3.05, 3.63) is 125 Å². The first kappa shape index (κ1) is 31.4. The topological polar surface area (TPSA) is 81.1 Å². The smallest absolute Gasteiger partial charge is 0.254 e. The first-order chi connectivity index (χ1) is 21.6. The van der Waals surface area contributed by atoms with Crippen LogP contribution in [0.15, 0.2) is 79.1 Å². The van der Waals surface area contributed by atoms with Gasteiger partial charge in [-0.3, -0.25) is 19.4 Å². The second-order valence-corrected chi connectivity index (χ2v) is 11.0. The largest absolute Gasteiger partial charge is 0.355 e. The van der Waals surface area contributed by atoms with Gasteiger partial charge in [0.1, 0.15) is 17.5 Å². The summed E-state index contributed by atoms with van der Waals surface area (Å²) in [6.07, 6.45) is 3.99. The van der Waals surface area contributed by atoms with Crippen molar-refractivity contribution in [2.24, 2.45) is 0 Å². The lowest BCUT2D eigenvalue weighted by atomic mass is 9.86. The number of hydrogen-bond acceptors (Lipinski definition) is 4. The van der Waals surface area contributed by atoms with Gasteiger partial charge >= 0.3 is 0 Å². The number of carbonyl (C=O) groups excluding carboxylic acids is 3. The Morgan fingerprint density at radius 1 is 0.933 bits per heavy atom. The summed E-state index contributed by atoms with van der Waals surface area (Å²) in [5.41, 5.74) is 4.02. The number of Topliss-reactive ketones (excluding diaryl/α,β-unsaturated/α-hetero) is 2. The number of ketones is 2. The molecule has 6 nitrogen and oxygen atoms in total. The number of halogens is 3. The molecule has 0 fully saturated rings. The highest BCUT2D eigenvalue weighted by Gasteiger charge is 2.25. The number of amides is 1. The van der Waals surface area contributed by atoms with Gasteiger partial charge in [-0.15, -0.1) is 0 Å². The molecular formula is C36H32F3N3O3. The number of aromatic nitrogens is 2. The summed E-state index contributed by atoms with van der Waals surface area (Å²) in [6, 6.07) is 16.5. The first-order valence-corrected chi connectivity index (χ1v) is 14.6. The van der Waals surface area contributed by atoms with Crippen LogP contribution in [0.3, 0.4) is 0 Å². The number of hydrogen-bond donors (Lipinski definition) is 1. The van der Waals surface area contributed by atoms with Gasteiger partial charge in [-0.25, -0.2) is 13.2 Å². The average molecular weight is 612 g/mol. The molecule has 0 saturated carbocycles. The van der Waals surface area contributed by atoms with E-state index in [1.54, 1.807) is 29.1 Å². The van der Waals surface area contributed by atoms with Crippen LogP contribution in [0, 0.1) is 17.5 Å². The Kier molecular flexibility index (Phi) is 9.27. The van der Waals surface area contributed by atoms with E-state index in [1.807, 2.05) is 25.1 Å². The molecule has 2 aromatic heterocycles. The van der Waals surface area contributed by atoms with Gasteiger partial charge in [-0.05, 0) is 66.8 Å². The molecule has 1 atom stereocenters. The summed E-state index contributed by atoms with van der Waals surface area (Å²) in [6.45, 7) is 3.46. The van der Waals surface area contributed by atoms with E-state index in [4.69, 9.17) is 0 Å². The third-order valence-electron chi connectivity index (χ3n) is 7.94. The normalized spacial score (nSPS) is 11.9. The van der Waals surface area contributed by atoms with Crippen molar-refractivity contribution < 1.29 is 27.6 Å². The standard InChI is InChI=1S/C36H32F3N3O3/c1-4-23-7-5-8-30-32(21(2)43)20-42(35(23)30)19-28(44)16-25(13-22-14-26(37)18-27(38)15-22)34-29(9-6-12-41-34)24-10-11-33(39)31(17-24)36(45)40-3/h5-12,14-15,17-18,20,25H,4,13,16,19H2,1-3H3,(H,40,45)/t25-/m1/s1. The molecule has 5 rings (SSSR count). The monoisotopic (exact) mass is 611 g/mol. The van der Waals surface area contributed by atoms with E-state index in [-0.39, 0.29) is 36.5 Å². The maximum absolute atomic E-state index is 14.5. The Bertz CT molecular complexity index is 1910. The summed E-state index contributed by atoms with van der Waals surface area (Å²) in [5.74, 6) is -3.71. The quantitative estimate of drug-likeness (QED) is 0.160. The fraction of sp³-hybridized carbons (Fsp3) is 0.222. The van der Waals surface area contributed by atoms with Gasteiger partial charge < -0.3 is 9.88 Å². The maximum Gasteiger partial charge on any atom is 0.254 e. The van der Waals surface area contributed by atoms with Gasteiger partial charge in [0.2, 0.25) is 0 Å². The Balaban J connectivity index is 1.56. The molecule has 9 heteroatoms. The van der Waals surface area contributed by atoms with Gasteiger partial charge in [0.05, 0.1) is 23.3 Å². The predicted molar refractivity (Wildman–Crippen MR) is 167 cm³/mol. The van der Waals surface area contributed by atoms with Crippen molar-refractivity contribution in [3.8, 4) is 11.1 Å². The third-order valence-corrected chi connectivity index (χ3v) is 7.94. The van der Waals surface area contributed by atoms with E-state index < -0.39 is 29.3 Å². The number of pyridine rings is 1. The predicted octanol–water partition coefficient (Wildman–Crippen LogP) is 7.23. The Labute approximate surface area is 258 Å². The van der Waals surface area contributed by atoms with Crippen molar-refractivity contribution in [2.75, 3.05) is 7.05 Å². The number of aryl methyl sites for hydroxylation is 1. The summed E-state index contributed by atoms with van der Waals surface area (Å²) in [5, 5.41) is 3.20. The van der Waals surface area contributed by atoms with Crippen LogP contribution >= 0.6 is 0 Å². The minimum atomic E-state index is -0.743. The molecule has 5 aromatic rings. The Morgan fingerprint density at radius 2 is 1.69 bits per heavy atom. The van der Waals surface area contributed by atoms with Gasteiger partial charge in [0.25, 0.3) is 5.91 Å². The van der Waals surface area contributed by atoms with E-state index >= 15 is 0 Å². The number of para-hydroxylation sites is 1. The van der Waals surface area contributed by atoms with E-state index in [2.05, 4.69) is 10.3 Å². The SMILES string of the molecule is CCc1cccc2c(C(C)=O)cn(CC(=O)C[C@@H](Cc3cc(F)cc(F)c3)c3ncccc3-c3ccc(F)c(C(=O)NC)c3)c12. The summed E-state index contributed by atoms with van der Waals surface area (Å²) in [7, 11) is 1.40. The lowest BCUT2D eigenvalue weighted by molar-refractivity contribution is -0.120. The van der Waals surface area contributed by atoms with Gasteiger partial charge in [0, 0.05) is 54.4 Å². The molecule has 0 unspecified atom stereocenters. The number of nitrogens with zero attached hydrogens (tertiary/aromatic N) is 2. The highest BCUT2D eigenvalue weighted by atomic mass is 19.1. The van der Waals surface area contributed by atoms with Crippen LogP contribution < -0.4 is 5.32 Å². The van der Waals surface area contributed by atoms with Crippen LogP contribution in [0.25, 0.3) is 22.0 Å². The molecule has 230 valence electrons. The number of fused-ring (bicyclic) bond motifs is 1. The third kappa shape index (κ3) is 6.72. The number of benzene rings is 3. The minimum absolute atomic E-state index is 0.0334. The fourth-order valence-corrected chi connectivity index (χ4v) is 5.92. The molecule has 0 spiro atoms. The zero-order valence-electron chi connectivity index (χ0n) is 25.2. The lowest BCUT2D eigenvalue weighted by Gasteiger charge is -2.20. The number of nitrogens with one attached hydrogen (secondary N) is 1. The van der Waals surface area contributed by atoms with Crippen LogP contribution in [-0.4, -0.2) is 34.1 Å². The van der Waals surface area contributed by atoms with Crippen molar-refractivity contribution in [1.82, 2.24) is 14.9 Å². The minimum Gasteiger partial charge on any atom is -0.355 e. The first-order valence-electron chi connectivity index (χ1n) is 14.6. The second-order valence-electron chi connectivity index (χ2n) is 11.0. The van der Waals surface area contributed by atoms with E-state index in [0.29, 0.717) is 34.4 Å². The van der Waals surface area contributed by atoms with Crippen molar-refractivity contribution >= 4 is 28.4 Å². The summed E-state index contributed by atoms with van der Waals surface area (Å²) in [4.78, 5) is 43.2. The maximum atomic E-state index is 14.5. The van der Waals surface area contributed by atoms with E-state index in [9.17, 15) is 27.6 Å². The molecule has 0 saturated heterocycles. The van der Waals surface area contributed by atoms with Crippen LogP contribution in [0.4, 0.5) is 13.2 Å². The highest BCUT2D eigenvalue weighted by molar-refractivity contribution is 6.08. The molecule has 2 heterocycles. The molecular weight excluding hydrogens is 579 g/mol. The van der Waals surface area contributed by atoms with Crippen LogP contribution in [0.5, 0.6) is 0 Å². The molecule has 0 radical (unpaired) electrons. The van der Waals surface area contributed by atoms with Crippen LogP contribution in [0.2, 0.25) is 0 Å². The van der Waals surface area contributed by atoms with Crippen LogP contribution in [0.1, 0.15) is 63.7 Å². The van der Waals surface area contributed by atoms with E-state index in [1.165, 1.54) is 44.3 Å². The molecule has 0 aliphatic heterocycles. The average Bonchev–Trinajstić information content (AvgIpc) is 3.39. The highest BCUT2D eigenvalue weighted by Crippen LogP contribution is 2.34. The molecule has 1 N–H and O–H groups in total. The number of rotatable bonds is 11. The fourth-order valence-electron chi connectivity index (χ4n) is 5.92. The Morgan fingerprint density at radius 3 is 2.38 bits per heavy atom. The zero-order chi connectivity index (χ0) is 32.2. The van der Waals surface area contributed by atoms with Crippen LogP contribution in [-0.2, 0) is 24.2 Å². The molecule has 0 aliphatic rings. The van der Waals surface area contributed by atoms with Gasteiger partial charge in [0.15, 0.2) is 11.6 Å². The molecule has 1 amide bonds.